The predicted molar refractivity (Wildman–Crippen MR) is 69.2 cm³/mol. The molecular weight excluding hydrogens is 252 g/mol. The molecule has 1 N–H and O–H groups in total. The van der Waals surface area contributed by atoms with E-state index in [0.29, 0.717) is 12.3 Å². The first-order valence-electron chi connectivity index (χ1n) is 6.30. The van der Waals surface area contributed by atoms with Crippen molar-refractivity contribution >= 4 is 5.91 Å². The van der Waals surface area contributed by atoms with Gasteiger partial charge in [-0.1, -0.05) is 26.0 Å². The van der Waals surface area contributed by atoms with Gasteiger partial charge in [0, 0.05) is 12.5 Å². The normalized spacial score (nSPS) is 12.3. The predicted octanol–water partition coefficient (Wildman–Crippen LogP) is 2.99. The number of hydrogen-bond acceptors (Lipinski definition) is 2. The van der Waals surface area contributed by atoms with Crippen LogP contribution in [0.5, 0.6) is 5.75 Å². The minimum absolute atomic E-state index is 0.0126. The van der Waals surface area contributed by atoms with Crippen LogP contribution >= 0.6 is 0 Å². The summed E-state index contributed by atoms with van der Waals surface area (Å²) in [5.74, 6) is 0.343. The molecule has 0 spiro atoms. The number of alkyl halides is 2. The summed E-state index contributed by atoms with van der Waals surface area (Å²) in [7, 11) is 0. The summed E-state index contributed by atoms with van der Waals surface area (Å²) in [5.41, 5.74) is 0.823. The molecule has 0 radical (unpaired) electrons. The van der Waals surface area contributed by atoms with Crippen molar-refractivity contribution < 1.29 is 18.3 Å². The minimum atomic E-state index is -2.49. The highest BCUT2D eigenvalue weighted by molar-refractivity contribution is 5.78. The number of amides is 1. The molecule has 0 unspecified atom stereocenters. The molecule has 0 heterocycles. The largest absolute Gasteiger partial charge is 0.488 e. The van der Waals surface area contributed by atoms with Crippen LogP contribution in [0.25, 0.3) is 0 Å². The van der Waals surface area contributed by atoms with Crippen molar-refractivity contribution in [3.8, 4) is 5.75 Å². The summed E-state index contributed by atoms with van der Waals surface area (Å²) in [6, 6.07) is 6.79. The molecular formula is C14H19F2NO2. The van der Waals surface area contributed by atoms with Gasteiger partial charge in [0.1, 0.15) is 12.4 Å². The van der Waals surface area contributed by atoms with Gasteiger partial charge in [-0.3, -0.25) is 4.79 Å². The second-order valence-corrected chi connectivity index (χ2v) is 4.38. The lowest BCUT2D eigenvalue weighted by molar-refractivity contribution is -0.124. The van der Waals surface area contributed by atoms with E-state index >= 15 is 0 Å². The Hall–Kier alpha value is -1.65. The molecule has 3 nitrogen and oxygen atoms in total. The van der Waals surface area contributed by atoms with E-state index in [1.54, 1.807) is 18.2 Å². The molecule has 1 rings (SSSR count). The second kappa shape index (κ2) is 7.71. The van der Waals surface area contributed by atoms with E-state index in [1.165, 1.54) is 0 Å². The summed E-state index contributed by atoms with van der Waals surface area (Å²) in [5, 5.41) is 2.80. The lowest BCUT2D eigenvalue weighted by atomic mass is 10.1. The Morgan fingerprint density at radius 2 is 2.16 bits per heavy atom. The van der Waals surface area contributed by atoms with Crippen LogP contribution in [0, 0.1) is 5.92 Å². The first-order valence-corrected chi connectivity index (χ1v) is 6.30. The van der Waals surface area contributed by atoms with Gasteiger partial charge in [0.25, 0.3) is 6.43 Å². The highest BCUT2D eigenvalue weighted by Gasteiger charge is 2.10. The molecule has 1 aromatic rings. The van der Waals surface area contributed by atoms with Crippen LogP contribution in [0.2, 0.25) is 0 Å². The van der Waals surface area contributed by atoms with Crippen molar-refractivity contribution in [2.75, 3.05) is 6.61 Å². The molecule has 0 aliphatic rings. The Labute approximate surface area is 112 Å². The average molecular weight is 271 g/mol. The molecule has 0 saturated carbocycles. The van der Waals surface area contributed by atoms with E-state index < -0.39 is 13.0 Å². The Bertz CT molecular complexity index is 410. The maximum absolute atomic E-state index is 12.0. The van der Waals surface area contributed by atoms with Crippen molar-refractivity contribution in [3.63, 3.8) is 0 Å². The van der Waals surface area contributed by atoms with E-state index in [2.05, 4.69) is 5.32 Å². The summed E-state index contributed by atoms with van der Waals surface area (Å²) >= 11 is 0. The van der Waals surface area contributed by atoms with Crippen LogP contribution in [0.3, 0.4) is 0 Å². The molecule has 19 heavy (non-hydrogen) atoms. The third-order valence-corrected chi connectivity index (χ3v) is 2.80. The molecule has 0 fully saturated rings. The smallest absolute Gasteiger partial charge is 0.272 e. The Balaban J connectivity index is 2.50. The summed E-state index contributed by atoms with van der Waals surface area (Å²) in [4.78, 5) is 11.6. The summed E-state index contributed by atoms with van der Waals surface area (Å²) in [6.07, 6.45) is -1.71. The number of nitrogens with one attached hydrogen (secondary N) is 1. The van der Waals surface area contributed by atoms with Gasteiger partial charge in [0.15, 0.2) is 0 Å². The zero-order valence-corrected chi connectivity index (χ0v) is 11.2. The van der Waals surface area contributed by atoms with Gasteiger partial charge >= 0.3 is 0 Å². The number of ether oxygens (including phenoxy) is 1. The van der Waals surface area contributed by atoms with Gasteiger partial charge in [-0.15, -0.1) is 0 Å². The Morgan fingerprint density at radius 1 is 1.42 bits per heavy atom. The fourth-order valence-electron chi connectivity index (χ4n) is 1.45. The molecule has 1 aromatic carbocycles. The highest BCUT2D eigenvalue weighted by atomic mass is 19.3. The maximum atomic E-state index is 12.0. The first-order chi connectivity index (χ1) is 9.02. The van der Waals surface area contributed by atoms with Gasteiger partial charge in [-0.25, -0.2) is 8.78 Å². The van der Waals surface area contributed by atoms with E-state index in [9.17, 15) is 13.6 Å². The quantitative estimate of drug-likeness (QED) is 0.828. The van der Waals surface area contributed by atoms with Gasteiger partial charge < -0.3 is 10.1 Å². The lowest BCUT2D eigenvalue weighted by Gasteiger charge is -2.11. The molecule has 0 aromatic heterocycles. The fourth-order valence-corrected chi connectivity index (χ4v) is 1.45. The van der Waals surface area contributed by atoms with Crippen molar-refractivity contribution in [1.82, 2.24) is 5.32 Å². The summed E-state index contributed by atoms with van der Waals surface area (Å²) in [6.45, 7) is 3.55. The molecule has 5 heteroatoms. The van der Waals surface area contributed by atoms with Gasteiger partial charge in [0.05, 0.1) is 0 Å². The maximum Gasteiger partial charge on any atom is 0.272 e. The third kappa shape index (κ3) is 5.68. The number of benzene rings is 1. The van der Waals surface area contributed by atoms with E-state index in [1.807, 2.05) is 19.9 Å². The standard InChI is InChI=1S/C14H19F2NO2/c1-3-10(2)14(18)17-8-11-5-4-6-12(7-11)19-9-13(15)16/h4-7,10,13H,3,8-9H2,1-2H3,(H,17,18)/t10-/m0/s1. The van der Waals surface area contributed by atoms with Gasteiger partial charge in [0.2, 0.25) is 5.91 Å². The van der Waals surface area contributed by atoms with Crippen molar-refractivity contribution in [1.29, 1.82) is 0 Å². The minimum Gasteiger partial charge on any atom is -0.488 e. The SMILES string of the molecule is CC[C@H](C)C(=O)NCc1cccc(OCC(F)F)c1. The lowest BCUT2D eigenvalue weighted by Crippen LogP contribution is -2.28. The van der Waals surface area contributed by atoms with Crippen LogP contribution in [0.4, 0.5) is 8.78 Å². The molecule has 0 bridgehead atoms. The number of hydrogen-bond donors (Lipinski definition) is 1. The van der Waals surface area contributed by atoms with Crippen LogP contribution < -0.4 is 10.1 Å². The Morgan fingerprint density at radius 3 is 2.79 bits per heavy atom. The molecule has 0 aliphatic heterocycles. The second-order valence-electron chi connectivity index (χ2n) is 4.38. The monoisotopic (exact) mass is 271 g/mol. The number of rotatable bonds is 7. The highest BCUT2D eigenvalue weighted by Crippen LogP contribution is 2.14. The average Bonchev–Trinajstić information content (AvgIpc) is 2.42. The van der Waals surface area contributed by atoms with Gasteiger partial charge in [-0.2, -0.15) is 0 Å². The van der Waals surface area contributed by atoms with Crippen LogP contribution in [-0.4, -0.2) is 18.9 Å². The van der Waals surface area contributed by atoms with E-state index in [-0.39, 0.29) is 11.8 Å². The third-order valence-electron chi connectivity index (χ3n) is 2.80. The molecule has 1 amide bonds. The van der Waals surface area contributed by atoms with E-state index in [4.69, 9.17) is 4.74 Å². The van der Waals surface area contributed by atoms with Crippen LogP contribution in [0.15, 0.2) is 24.3 Å². The molecule has 0 aliphatic carbocycles. The first kappa shape index (κ1) is 15.4. The van der Waals surface area contributed by atoms with Crippen molar-refractivity contribution in [2.24, 2.45) is 5.92 Å². The molecule has 1 atom stereocenters. The molecule has 106 valence electrons. The van der Waals surface area contributed by atoms with Crippen molar-refractivity contribution in [3.05, 3.63) is 29.8 Å². The van der Waals surface area contributed by atoms with Crippen LogP contribution in [-0.2, 0) is 11.3 Å². The van der Waals surface area contributed by atoms with E-state index in [0.717, 1.165) is 12.0 Å². The molecule has 0 saturated heterocycles. The zero-order chi connectivity index (χ0) is 14.3. The fraction of sp³-hybridized carbons (Fsp3) is 0.500. The van der Waals surface area contributed by atoms with Crippen molar-refractivity contribution in [2.45, 2.75) is 33.2 Å². The Kier molecular flexibility index (Phi) is 6.25. The number of halogens is 2. The number of carbonyl (C=O) groups excluding carboxylic acids is 1. The summed E-state index contributed by atoms with van der Waals surface area (Å²) < 4.78 is 29.0. The van der Waals surface area contributed by atoms with Gasteiger partial charge in [-0.05, 0) is 24.1 Å². The van der Waals surface area contributed by atoms with Crippen LogP contribution in [0.1, 0.15) is 25.8 Å². The zero-order valence-electron chi connectivity index (χ0n) is 11.2. The number of carbonyl (C=O) groups is 1. The topological polar surface area (TPSA) is 38.3 Å².